The van der Waals surface area contributed by atoms with Crippen molar-refractivity contribution in [1.29, 1.82) is 0 Å². The number of aliphatic hydroxyl groups is 1. The van der Waals surface area contributed by atoms with Crippen LogP contribution in [0.4, 0.5) is 5.69 Å². The van der Waals surface area contributed by atoms with E-state index in [0.717, 1.165) is 6.54 Å². The molecule has 0 amide bonds. The summed E-state index contributed by atoms with van der Waals surface area (Å²) in [5.41, 5.74) is 8.27. The maximum atomic E-state index is 9.16. The molecule has 6 heteroatoms. The molecular weight excluding hydrogens is 234 g/mol. The van der Waals surface area contributed by atoms with Gasteiger partial charge in [-0.15, -0.1) is 0 Å². The van der Waals surface area contributed by atoms with Gasteiger partial charge in [0.05, 0.1) is 13.2 Å². The first kappa shape index (κ1) is 11.5. The zero-order chi connectivity index (χ0) is 12.5. The Morgan fingerprint density at radius 2 is 2.39 bits per heavy atom. The third-order valence-electron chi connectivity index (χ3n) is 3.04. The summed E-state index contributed by atoms with van der Waals surface area (Å²) in [6.07, 6.45) is -0.162. The molecule has 0 spiro atoms. The Balaban J connectivity index is 1.99. The molecule has 2 heterocycles. The number of aliphatic hydroxyl groups excluding tert-OH is 1. The van der Waals surface area contributed by atoms with Crippen LogP contribution in [0.15, 0.2) is 16.5 Å². The van der Waals surface area contributed by atoms with Crippen LogP contribution in [-0.4, -0.2) is 29.8 Å². The second-order valence-electron chi connectivity index (χ2n) is 4.29. The highest BCUT2D eigenvalue weighted by atomic mass is 16.5. The minimum absolute atomic E-state index is 0.106. The Bertz CT molecular complexity index is 561. The fraction of sp³-hybridized carbons (Fsp3) is 0.417. The Kier molecular flexibility index (Phi) is 2.91. The average molecular weight is 249 g/mol. The Labute approximate surface area is 104 Å². The standard InChI is InChI=1S/C12H15N3O3/c13-8-4-10-9(3-7(8)6-16)15-12(18-10)11-5-14-1-2-17-11/h3-4,11,14,16H,1-2,5-6,13H2. The van der Waals surface area contributed by atoms with Crippen molar-refractivity contribution in [2.75, 3.05) is 25.4 Å². The van der Waals surface area contributed by atoms with Crippen LogP contribution in [0.5, 0.6) is 0 Å². The highest BCUT2D eigenvalue weighted by Gasteiger charge is 2.21. The molecule has 18 heavy (non-hydrogen) atoms. The van der Waals surface area contributed by atoms with Crippen LogP contribution >= 0.6 is 0 Å². The van der Waals surface area contributed by atoms with Gasteiger partial charge in [-0.3, -0.25) is 0 Å². The molecule has 1 aromatic carbocycles. The molecule has 1 fully saturated rings. The van der Waals surface area contributed by atoms with E-state index >= 15 is 0 Å². The maximum Gasteiger partial charge on any atom is 0.225 e. The number of hydrogen-bond donors (Lipinski definition) is 3. The van der Waals surface area contributed by atoms with E-state index in [4.69, 9.17) is 20.0 Å². The fourth-order valence-electron chi connectivity index (χ4n) is 2.05. The van der Waals surface area contributed by atoms with E-state index in [1.54, 1.807) is 12.1 Å². The van der Waals surface area contributed by atoms with Gasteiger partial charge in [0.15, 0.2) is 5.58 Å². The zero-order valence-corrected chi connectivity index (χ0v) is 9.85. The molecule has 0 aliphatic carbocycles. The molecule has 2 aromatic rings. The van der Waals surface area contributed by atoms with Gasteiger partial charge in [-0.25, -0.2) is 4.98 Å². The Morgan fingerprint density at radius 1 is 1.50 bits per heavy atom. The summed E-state index contributed by atoms with van der Waals surface area (Å²) in [7, 11) is 0. The molecule has 3 rings (SSSR count). The largest absolute Gasteiger partial charge is 0.438 e. The van der Waals surface area contributed by atoms with E-state index in [2.05, 4.69) is 10.3 Å². The first-order valence-corrected chi connectivity index (χ1v) is 5.90. The molecule has 4 N–H and O–H groups in total. The van der Waals surface area contributed by atoms with Crippen molar-refractivity contribution in [3.63, 3.8) is 0 Å². The quantitative estimate of drug-likeness (QED) is 0.673. The molecule has 6 nitrogen and oxygen atoms in total. The smallest absolute Gasteiger partial charge is 0.225 e. The van der Waals surface area contributed by atoms with Gasteiger partial charge in [0.25, 0.3) is 0 Å². The van der Waals surface area contributed by atoms with Gasteiger partial charge >= 0.3 is 0 Å². The fourth-order valence-corrected chi connectivity index (χ4v) is 2.05. The summed E-state index contributed by atoms with van der Waals surface area (Å²) in [4.78, 5) is 4.39. The second kappa shape index (κ2) is 4.56. The number of rotatable bonds is 2. The number of oxazole rings is 1. The minimum Gasteiger partial charge on any atom is -0.438 e. The lowest BCUT2D eigenvalue weighted by Crippen LogP contribution is -2.33. The normalized spacial score (nSPS) is 20.4. The van der Waals surface area contributed by atoms with Crippen LogP contribution in [0.25, 0.3) is 11.1 Å². The van der Waals surface area contributed by atoms with Gasteiger partial charge in [0.1, 0.15) is 11.6 Å². The SMILES string of the molecule is Nc1cc2oc(C3CNCCO3)nc2cc1CO. The van der Waals surface area contributed by atoms with E-state index in [-0.39, 0.29) is 12.7 Å². The number of benzene rings is 1. The van der Waals surface area contributed by atoms with Crippen LogP contribution in [0, 0.1) is 0 Å². The van der Waals surface area contributed by atoms with E-state index in [9.17, 15) is 0 Å². The van der Waals surface area contributed by atoms with E-state index < -0.39 is 0 Å². The van der Waals surface area contributed by atoms with Crippen molar-refractivity contribution in [3.8, 4) is 0 Å². The van der Waals surface area contributed by atoms with Gasteiger partial charge in [0, 0.05) is 30.4 Å². The summed E-state index contributed by atoms with van der Waals surface area (Å²) in [6, 6.07) is 3.43. The number of fused-ring (bicyclic) bond motifs is 1. The predicted molar refractivity (Wildman–Crippen MR) is 65.9 cm³/mol. The van der Waals surface area contributed by atoms with E-state index in [1.165, 1.54) is 0 Å². The molecular formula is C12H15N3O3. The molecule has 0 saturated carbocycles. The molecule has 1 aromatic heterocycles. The lowest BCUT2D eigenvalue weighted by Gasteiger charge is -2.20. The summed E-state index contributed by atoms with van der Waals surface area (Å²) >= 11 is 0. The topological polar surface area (TPSA) is 93.5 Å². The number of aromatic nitrogens is 1. The average Bonchev–Trinajstić information content (AvgIpc) is 2.81. The first-order valence-electron chi connectivity index (χ1n) is 5.90. The third kappa shape index (κ3) is 1.94. The van der Waals surface area contributed by atoms with Crippen molar-refractivity contribution in [3.05, 3.63) is 23.6 Å². The van der Waals surface area contributed by atoms with Gasteiger partial charge in [0.2, 0.25) is 5.89 Å². The summed E-state index contributed by atoms with van der Waals surface area (Å²) in [5.74, 6) is 0.548. The monoisotopic (exact) mass is 249 g/mol. The molecule has 1 aliphatic rings. The molecule has 1 saturated heterocycles. The number of nitrogen functional groups attached to an aromatic ring is 1. The highest BCUT2D eigenvalue weighted by Crippen LogP contribution is 2.26. The molecule has 1 atom stereocenters. The van der Waals surface area contributed by atoms with Gasteiger partial charge in [-0.1, -0.05) is 0 Å². The first-order chi connectivity index (χ1) is 8.78. The zero-order valence-electron chi connectivity index (χ0n) is 9.85. The number of ether oxygens (including phenoxy) is 1. The Hall–Kier alpha value is -1.63. The number of nitrogens with one attached hydrogen (secondary N) is 1. The summed E-state index contributed by atoms with van der Waals surface area (Å²) in [6.45, 7) is 2.08. The van der Waals surface area contributed by atoms with E-state index in [1.807, 2.05) is 0 Å². The van der Waals surface area contributed by atoms with Crippen molar-refractivity contribution in [1.82, 2.24) is 10.3 Å². The number of morpholine rings is 1. The molecule has 1 unspecified atom stereocenters. The molecule has 0 bridgehead atoms. The van der Waals surface area contributed by atoms with Crippen molar-refractivity contribution >= 4 is 16.8 Å². The maximum absolute atomic E-state index is 9.16. The number of nitrogens with zero attached hydrogens (tertiary/aromatic N) is 1. The number of anilines is 1. The van der Waals surface area contributed by atoms with Gasteiger partial charge in [-0.2, -0.15) is 0 Å². The lowest BCUT2D eigenvalue weighted by atomic mass is 10.2. The number of hydrogen-bond acceptors (Lipinski definition) is 6. The van der Waals surface area contributed by atoms with Crippen LogP contribution in [0.2, 0.25) is 0 Å². The predicted octanol–water partition coefficient (Wildman–Crippen LogP) is 0.563. The van der Waals surface area contributed by atoms with Crippen LogP contribution < -0.4 is 11.1 Å². The molecule has 0 radical (unpaired) electrons. The highest BCUT2D eigenvalue weighted by molar-refractivity contribution is 5.78. The summed E-state index contributed by atoms with van der Waals surface area (Å²) < 4.78 is 11.2. The Morgan fingerprint density at radius 3 is 3.11 bits per heavy atom. The van der Waals surface area contributed by atoms with Gasteiger partial charge < -0.3 is 25.3 Å². The van der Waals surface area contributed by atoms with E-state index in [0.29, 0.717) is 41.4 Å². The van der Waals surface area contributed by atoms with Gasteiger partial charge in [-0.05, 0) is 6.07 Å². The number of nitrogens with two attached hydrogens (primary N) is 1. The van der Waals surface area contributed by atoms with Crippen LogP contribution in [-0.2, 0) is 11.3 Å². The minimum atomic E-state index is -0.162. The van der Waals surface area contributed by atoms with Crippen molar-refractivity contribution in [2.24, 2.45) is 0 Å². The van der Waals surface area contributed by atoms with Crippen LogP contribution in [0.1, 0.15) is 17.6 Å². The molecule has 1 aliphatic heterocycles. The van der Waals surface area contributed by atoms with Crippen molar-refractivity contribution in [2.45, 2.75) is 12.7 Å². The van der Waals surface area contributed by atoms with Crippen LogP contribution in [0.3, 0.4) is 0 Å². The lowest BCUT2D eigenvalue weighted by molar-refractivity contribution is 0.0118. The second-order valence-corrected chi connectivity index (χ2v) is 4.29. The summed E-state index contributed by atoms with van der Waals surface area (Å²) in [5, 5.41) is 12.4. The molecule has 96 valence electrons. The third-order valence-corrected chi connectivity index (χ3v) is 3.04. The van der Waals surface area contributed by atoms with Crippen molar-refractivity contribution < 1.29 is 14.3 Å².